The highest BCUT2D eigenvalue weighted by Gasteiger charge is 2.20. The summed E-state index contributed by atoms with van der Waals surface area (Å²) in [5, 5.41) is 3.00. The lowest BCUT2D eigenvalue weighted by molar-refractivity contribution is 0.102. The van der Waals surface area contributed by atoms with Gasteiger partial charge in [-0.1, -0.05) is 6.07 Å². The molecule has 0 atom stereocenters. The van der Waals surface area contributed by atoms with Crippen molar-refractivity contribution in [2.75, 3.05) is 72.5 Å². The third kappa shape index (κ3) is 5.06. The van der Waals surface area contributed by atoms with Crippen LogP contribution in [-0.4, -0.2) is 68.4 Å². The Hall–Kier alpha value is -3.65. The first-order valence-electron chi connectivity index (χ1n) is 11.4. The second-order valence-electron chi connectivity index (χ2n) is 8.17. The monoisotopic (exact) mass is 444 g/mol. The van der Waals surface area contributed by atoms with Crippen LogP contribution in [0.25, 0.3) is 0 Å². The van der Waals surface area contributed by atoms with Gasteiger partial charge in [0.05, 0.1) is 13.2 Å². The standard InChI is InChI=1S/C25H28N6O2/c32-25(28-21-4-6-22(7-5-21)29-15-17-33-18-16-29)20-8-10-27-24(19-20)31-13-11-30(12-14-31)23-3-1-2-9-26-23/h1-10,19H,11-18H2,(H,28,32). The molecule has 0 spiro atoms. The van der Waals surface area contributed by atoms with Gasteiger partial charge in [0.25, 0.3) is 5.91 Å². The lowest BCUT2D eigenvalue weighted by atomic mass is 10.2. The van der Waals surface area contributed by atoms with Gasteiger partial charge < -0.3 is 24.8 Å². The summed E-state index contributed by atoms with van der Waals surface area (Å²) in [5.41, 5.74) is 2.52. The molecule has 5 rings (SSSR count). The van der Waals surface area contributed by atoms with Gasteiger partial charge in [-0.2, -0.15) is 0 Å². The average Bonchev–Trinajstić information content (AvgIpc) is 2.90. The van der Waals surface area contributed by atoms with Crippen molar-refractivity contribution >= 4 is 28.9 Å². The molecule has 2 aliphatic heterocycles. The van der Waals surface area contributed by atoms with Crippen LogP contribution >= 0.6 is 0 Å². The fraction of sp³-hybridized carbons (Fsp3) is 0.320. The molecule has 0 bridgehead atoms. The van der Waals surface area contributed by atoms with Gasteiger partial charge in [-0.3, -0.25) is 4.79 Å². The first-order chi connectivity index (χ1) is 16.3. The maximum absolute atomic E-state index is 12.9. The van der Waals surface area contributed by atoms with Crippen molar-refractivity contribution in [1.29, 1.82) is 0 Å². The number of benzene rings is 1. The molecule has 2 fully saturated rings. The Morgan fingerprint density at radius 2 is 1.45 bits per heavy atom. The van der Waals surface area contributed by atoms with Crippen molar-refractivity contribution in [1.82, 2.24) is 9.97 Å². The Labute approximate surface area is 193 Å². The molecule has 0 radical (unpaired) electrons. The van der Waals surface area contributed by atoms with Crippen LogP contribution in [0.4, 0.5) is 23.0 Å². The van der Waals surface area contributed by atoms with Gasteiger partial charge in [0.15, 0.2) is 0 Å². The molecule has 1 aromatic carbocycles. The summed E-state index contributed by atoms with van der Waals surface area (Å²) in [6, 6.07) is 17.6. The van der Waals surface area contributed by atoms with Gasteiger partial charge in [0, 0.05) is 68.6 Å². The zero-order valence-corrected chi connectivity index (χ0v) is 18.6. The number of morpholine rings is 1. The number of carbonyl (C=O) groups is 1. The number of nitrogens with zero attached hydrogens (tertiary/aromatic N) is 5. The number of piperazine rings is 1. The zero-order chi connectivity index (χ0) is 22.5. The molecule has 2 aromatic heterocycles. The summed E-state index contributed by atoms with van der Waals surface area (Å²) in [6.07, 6.45) is 3.53. The van der Waals surface area contributed by atoms with Gasteiger partial charge in [-0.25, -0.2) is 9.97 Å². The number of aromatic nitrogens is 2. The van der Waals surface area contributed by atoms with Crippen LogP contribution in [0.3, 0.4) is 0 Å². The lowest BCUT2D eigenvalue weighted by Crippen LogP contribution is -2.47. The predicted molar refractivity (Wildman–Crippen MR) is 130 cm³/mol. The van der Waals surface area contributed by atoms with Crippen LogP contribution in [0.15, 0.2) is 67.0 Å². The summed E-state index contributed by atoms with van der Waals surface area (Å²) >= 11 is 0. The number of ether oxygens (including phenoxy) is 1. The molecule has 1 amide bonds. The van der Waals surface area contributed by atoms with E-state index in [-0.39, 0.29) is 5.91 Å². The fourth-order valence-electron chi connectivity index (χ4n) is 4.22. The minimum Gasteiger partial charge on any atom is -0.378 e. The maximum atomic E-state index is 12.9. The minimum absolute atomic E-state index is 0.134. The van der Waals surface area contributed by atoms with E-state index < -0.39 is 0 Å². The lowest BCUT2D eigenvalue weighted by Gasteiger charge is -2.36. The van der Waals surface area contributed by atoms with Crippen LogP contribution < -0.4 is 20.0 Å². The smallest absolute Gasteiger partial charge is 0.255 e. The van der Waals surface area contributed by atoms with E-state index in [0.29, 0.717) is 5.56 Å². The molecule has 8 nitrogen and oxygen atoms in total. The van der Waals surface area contributed by atoms with Gasteiger partial charge in [-0.15, -0.1) is 0 Å². The summed E-state index contributed by atoms with van der Waals surface area (Å²) < 4.78 is 5.41. The fourth-order valence-corrected chi connectivity index (χ4v) is 4.22. The SMILES string of the molecule is O=C(Nc1ccc(N2CCOCC2)cc1)c1ccnc(N2CCN(c3ccccn3)CC2)c1. The van der Waals surface area contributed by atoms with Gasteiger partial charge in [-0.05, 0) is 48.5 Å². The van der Waals surface area contributed by atoms with Crippen molar-refractivity contribution in [3.05, 3.63) is 72.6 Å². The summed E-state index contributed by atoms with van der Waals surface area (Å²) in [7, 11) is 0. The Kier molecular flexibility index (Phi) is 6.34. The van der Waals surface area contributed by atoms with E-state index in [1.54, 1.807) is 12.3 Å². The quantitative estimate of drug-likeness (QED) is 0.649. The summed E-state index contributed by atoms with van der Waals surface area (Å²) in [5.74, 6) is 1.69. The van der Waals surface area contributed by atoms with E-state index in [2.05, 4.69) is 30.0 Å². The van der Waals surface area contributed by atoms with Crippen LogP contribution in [-0.2, 0) is 4.74 Å². The second-order valence-corrected chi connectivity index (χ2v) is 8.17. The summed E-state index contributed by atoms with van der Waals surface area (Å²) in [4.78, 5) is 28.6. The molecule has 2 aliphatic rings. The molecule has 3 aromatic rings. The number of rotatable bonds is 5. The normalized spacial score (nSPS) is 16.5. The van der Waals surface area contributed by atoms with Crippen molar-refractivity contribution in [3.63, 3.8) is 0 Å². The highest BCUT2D eigenvalue weighted by molar-refractivity contribution is 6.04. The molecular formula is C25H28N6O2. The highest BCUT2D eigenvalue weighted by atomic mass is 16.5. The van der Waals surface area contributed by atoms with Crippen molar-refractivity contribution in [2.24, 2.45) is 0 Å². The second kappa shape index (κ2) is 9.87. The Balaban J connectivity index is 1.20. The molecule has 0 aliphatic carbocycles. The number of anilines is 4. The van der Waals surface area contributed by atoms with Crippen LogP contribution in [0.2, 0.25) is 0 Å². The minimum atomic E-state index is -0.134. The first kappa shape index (κ1) is 21.2. The van der Waals surface area contributed by atoms with Gasteiger partial charge >= 0.3 is 0 Å². The molecule has 4 heterocycles. The summed E-state index contributed by atoms with van der Waals surface area (Å²) in [6.45, 7) is 6.68. The molecule has 8 heteroatoms. The number of pyridine rings is 2. The number of carbonyl (C=O) groups excluding carboxylic acids is 1. The molecule has 170 valence electrons. The first-order valence-corrected chi connectivity index (χ1v) is 11.4. The van der Waals surface area contributed by atoms with E-state index in [1.165, 1.54) is 0 Å². The highest BCUT2D eigenvalue weighted by Crippen LogP contribution is 2.21. The average molecular weight is 445 g/mol. The Bertz CT molecular complexity index is 1060. The predicted octanol–water partition coefficient (Wildman–Crippen LogP) is 2.89. The van der Waals surface area contributed by atoms with Crippen LogP contribution in [0, 0.1) is 0 Å². The van der Waals surface area contributed by atoms with E-state index >= 15 is 0 Å². The van der Waals surface area contributed by atoms with Gasteiger partial charge in [0.2, 0.25) is 0 Å². The van der Waals surface area contributed by atoms with Gasteiger partial charge in [0.1, 0.15) is 11.6 Å². The number of nitrogens with one attached hydrogen (secondary N) is 1. The van der Waals surface area contributed by atoms with Crippen molar-refractivity contribution in [3.8, 4) is 0 Å². The Morgan fingerprint density at radius 3 is 2.15 bits per heavy atom. The largest absolute Gasteiger partial charge is 0.378 e. The molecule has 0 saturated carbocycles. The van der Waals surface area contributed by atoms with Crippen LogP contribution in [0.1, 0.15) is 10.4 Å². The molecule has 1 N–H and O–H groups in total. The van der Waals surface area contributed by atoms with E-state index in [1.807, 2.05) is 54.7 Å². The third-order valence-corrected chi connectivity index (χ3v) is 6.09. The zero-order valence-electron chi connectivity index (χ0n) is 18.6. The Morgan fingerprint density at radius 1 is 0.758 bits per heavy atom. The van der Waals surface area contributed by atoms with Crippen molar-refractivity contribution < 1.29 is 9.53 Å². The van der Waals surface area contributed by atoms with Crippen molar-refractivity contribution in [2.45, 2.75) is 0 Å². The van der Waals surface area contributed by atoms with Crippen LogP contribution in [0.5, 0.6) is 0 Å². The molecule has 0 unspecified atom stereocenters. The maximum Gasteiger partial charge on any atom is 0.255 e. The number of amides is 1. The third-order valence-electron chi connectivity index (χ3n) is 6.09. The number of hydrogen-bond acceptors (Lipinski definition) is 7. The van der Waals surface area contributed by atoms with E-state index in [9.17, 15) is 4.79 Å². The molecule has 2 saturated heterocycles. The van der Waals surface area contributed by atoms with E-state index in [0.717, 1.165) is 75.5 Å². The molecular weight excluding hydrogens is 416 g/mol. The molecule has 33 heavy (non-hydrogen) atoms. The van der Waals surface area contributed by atoms with E-state index in [4.69, 9.17) is 4.74 Å². The topological polar surface area (TPSA) is 73.8 Å². The number of hydrogen-bond donors (Lipinski definition) is 1.